The van der Waals surface area contributed by atoms with Crippen LogP contribution >= 0.6 is 11.6 Å². The smallest absolute Gasteiger partial charge is 0.142 e. The van der Waals surface area contributed by atoms with E-state index in [9.17, 15) is 0 Å². The Kier molecular flexibility index (Phi) is 2.99. The van der Waals surface area contributed by atoms with E-state index in [2.05, 4.69) is 4.98 Å². The van der Waals surface area contributed by atoms with E-state index in [4.69, 9.17) is 22.6 Å². The summed E-state index contributed by atoms with van der Waals surface area (Å²) in [5.74, 6) is 0.244. The van der Waals surface area contributed by atoms with Gasteiger partial charge in [-0.25, -0.2) is 4.98 Å². The molecule has 0 spiro atoms. The molecule has 0 fully saturated rings. The summed E-state index contributed by atoms with van der Waals surface area (Å²) < 4.78 is 0. The van der Waals surface area contributed by atoms with E-state index in [1.54, 1.807) is 12.1 Å². The van der Waals surface area contributed by atoms with Gasteiger partial charge in [0.1, 0.15) is 11.9 Å². The molecule has 1 aromatic heterocycles. The molecule has 1 heterocycles. The molecule has 0 saturated carbocycles. The van der Waals surface area contributed by atoms with Gasteiger partial charge in [0, 0.05) is 10.6 Å². The zero-order valence-electron chi connectivity index (χ0n) is 9.24. The minimum absolute atomic E-state index is 0.244. The van der Waals surface area contributed by atoms with Crippen molar-refractivity contribution < 1.29 is 0 Å². The summed E-state index contributed by atoms with van der Waals surface area (Å²) in [6.07, 6.45) is 0. The summed E-state index contributed by atoms with van der Waals surface area (Å²) in [6.45, 7) is 1.89. The molecule has 84 valence electrons. The highest BCUT2D eigenvalue weighted by Crippen LogP contribution is 2.26. The molecule has 2 N–H and O–H groups in total. The van der Waals surface area contributed by atoms with Crippen molar-refractivity contribution in [1.82, 2.24) is 4.98 Å². The zero-order valence-corrected chi connectivity index (χ0v) is 9.99. The van der Waals surface area contributed by atoms with Gasteiger partial charge >= 0.3 is 0 Å². The first-order valence-electron chi connectivity index (χ1n) is 5.05. The predicted octanol–water partition coefficient (Wildman–Crippen LogP) is 3.16. The highest BCUT2D eigenvalue weighted by atomic mass is 35.5. The van der Waals surface area contributed by atoms with Crippen molar-refractivity contribution in [1.29, 1.82) is 5.26 Å². The predicted molar refractivity (Wildman–Crippen MR) is 68.5 cm³/mol. The molecule has 0 unspecified atom stereocenters. The van der Waals surface area contributed by atoms with Crippen LogP contribution in [0.3, 0.4) is 0 Å². The number of aryl methyl sites for hydroxylation is 1. The molecule has 3 nitrogen and oxygen atoms in total. The van der Waals surface area contributed by atoms with Crippen LogP contribution in [0, 0.1) is 18.3 Å². The Morgan fingerprint density at radius 1 is 1.35 bits per heavy atom. The number of aromatic nitrogens is 1. The summed E-state index contributed by atoms with van der Waals surface area (Å²) in [5.41, 5.74) is 8.66. The Morgan fingerprint density at radius 3 is 2.76 bits per heavy atom. The summed E-state index contributed by atoms with van der Waals surface area (Å²) in [6, 6.07) is 11.1. The summed E-state index contributed by atoms with van der Waals surface area (Å²) in [4.78, 5) is 4.25. The second-order valence-electron chi connectivity index (χ2n) is 3.71. The van der Waals surface area contributed by atoms with Gasteiger partial charge < -0.3 is 5.73 Å². The lowest BCUT2D eigenvalue weighted by Crippen LogP contribution is -1.99. The van der Waals surface area contributed by atoms with E-state index in [0.29, 0.717) is 10.6 Å². The van der Waals surface area contributed by atoms with Gasteiger partial charge in [-0.05, 0) is 30.7 Å². The second-order valence-corrected chi connectivity index (χ2v) is 4.15. The van der Waals surface area contributed by atoms with Crippen molar-refractivity contribution in [3.8, 4) is 17.3 Å². The van der Waals surface area contributed by atoms with Gasteiger partial charge in [-0.1, -0.05) is 23.7 Å². The molecule has 17 heavy (non-hydrogen) atoms. The average Bonchev–Trinajstić information content (AvgIpc) is 2.31. The molecule has 0 aliphatic rings. The number of hydrogen-bond donors (Lipinski definition) is 1. The van der Waals surface area contributed by atoms with Gasteiger partial charge in [-0.3, -0.25) is 0 Å². The van der Waals surface area contributed by atoms with Crippen LogP contribution in [-0.4, -0.2) is 4.98 Å². The van der Waals surface area contributed by atoms with Crippen LogP contribution in [0.1, 0.15) is 11.1 Å². The molecular weight excluding hydrogens is 234 g/mol. The minimum Gasteiger partial charge on any atom is -0.383 e. The molecule has 1 aromatic carbocycles. The van der Waals surface area contributed by atoms with E-state index < -0.39 is 0 Å². The maximum atomic E-state index is 8.86. The van der Waals surface area contributed by atoms with Gasteiger partial charge in [0.15, 0.2) is 0 Å². The van der Waals surface area contributed by atoms with Crippen LogP contribution in [0.15, 0.2) is 30.3 Å². The standard InChI is InChI=1S/C13H10ClN3/c1-8-5-10(7-15)13(16)17-12(8)9-3-2-4-11(14)6-9/h2-6H,1H3,(H2,16,17). The molecule has 0 atom stereocenters. The van der Waals surface area contributed by atoms with Gasteiger partial charge in [0.25, 0.3) is 0 Å². The molecule has 2 aromatic rings. The van der Waals surface area contributed by atoms with Gasteiger partial charge in [-0.2, -0.15) is 5.26 Å². The van der Waals surface area contributed by atoms with Gasteiger partial charge in [0.05, 0.1) is 11.3 Å². The fourth-order valence-electron chi connectivity index (χ4n) is 1.65. The number of pyridine rings is 1. The number of nitrogens with two attached hydrogens (primary N) is 1. The van der Waals surface area contributed by atoms with E-state index in [1.165, 1.54) is 0 Å². The van der Waals surface area contributed by atoms with Crippen LogP contribution in [-0.2, 0) is 0 Å². The highest BCUT2D eigenvalue weighted by molar-refractivity contribution is 6.30. The monoisotopic (exact) mass is 243 g/mol. The zero-order chi connectivity index (χ0) is 12.4. The largest absolute Gasteiger partial charge is 0.383 e. The van der Waals surface area contributed by atoms with Crippen LogP contribution < -0.4 is 5.73 Å². The summed E-state index contributed by atoms with van der Waals surface area (Å²) >= 11 is 5.93. The molecule has 4 heteroatoms. The Balaban J connectivity index is 2.61. The first-order valence-corrected chi connectivity index (χ1v) is 5.43. The van der Waals surface area contributed by atoms with Crippen LogP contribution in [0.5, 0.6) is 0 Å². The number of rotatable bonds is 1. The lowest BCUT2D eigenvalue weighted by atomic mass is 10.1. The van der Waals surface area contributed by atoms with Crippen molar-refractivity contribution >= 4 is 17.4 Å². The summed E-state index contributed by atoms with van der Waals surface area (Å²) in [7, 11) is 0. The molecular formula is C13H10ClN3. The summed E-state index contributed by atoms with van der Waals surface area (Å²) in [5, 5.41) is 9.50. The molecule has 0 aliphatic heterocycles. The number of hydrogen-bond acceptors (Lipinski definition) is 3. The van der Waals surface area contributed by atoms with Crippen molar-refractivity contribution in [3.05, 3.63) is 46.5 Å². The van der Waals surface area contributed by atoms with E-state index >= 15 is 0 Å². The van der Waals surface area contributed by atoms with Crippen LogP contribution in [0.25, 0.3) is 11.3 Å². The third-order valence-electron chi connectivity index (χ3n) is 2.46. The Bertz CT molecular complexity index is 615. The van der Waals surface area contributed by atoms with E-state index in [0.717, 1.165) is 16.8 Å². The van der Waals surface area contributed by atoms with Crippen molar-refractivity contribution in [3.63, 3.8) is 0 Å². The SMILES string of the molecule is Cc1cc(C#N)c(N)nc1-c1cccc(Cl)c1. The van der Waals surface area contributed by atoms with E-state index in [-0.39, 0.29) is 5.82 Å². The number of anilines is 1. The Hall–Kier alpha value is -2.05. The van der Waals surface area contributed by atoms with Gasteiger partial charge in [0.2, 0.25) is 0 Å². The molecule has 0 saturated heterocycles. The van der Waals surface area contributed by atoms with Gasteiger partial charge in [-0.15, -0.1) is 0 Å². The van der Waals surface area contributed by atoms with Crippen LogP contribution in [0.4, 0.5) is 5.82 Å². The molecule has 0 radical (unpaired) electrons. The minimum atomic E-state index is 0.244. The number of nitrogens with zero attached hydrogens (tertiary/aromatic N) is 2. The first-order chi connectivity index (χ1) is 8.11. The number of nitriles is 1. The maximum absolute atomic E-state index is 8.86. The lowest BCUT2D eigenvalue weighted by Gasteiger charge is -2.07. The number of nitrogen functional groups attached to an aromatic ring is 1. The highest BCUT2D eigenvalue weighted by Gasteiger charge is 2.08. The molecule has 0 aliphatic carbocycles. The third kappa shape index (κ3) is 2.22. The van der Waals surface area contributed by atoms with Crippen LogP contribution in [0.2, 0.25) is 5.02 Å². The molecule has 0 bridgehead atoms. The van der Waals surface area contributed by atoms with Crippen molar-refractivity contribution in [2.45, 2.75) is 6.92 Å². The Labute approximate surface area is 104 Å². The number of benzene rings is 1. The first kappa shape index (κ1) is 11.4. The van der Waals surface area contributed by atoms with E-state index in [1.807, 2.05) is 31.2 Å². The Morgan fingerprint density at radius 2 is 2.12 bits per heavy atom. The number of halogens is 1. The fourth-order valence-corrected chi connectivity index (χ4v) is 1.84. The third-order valence-corrected chi connectivity index (χ3v) is 2.70. The second kappa shape index (κ2) is 4.44. The van der Waals surface area contributed by atoms with Crippen molar-refractivity contribution in [2.75, 3.05) is 5.73 Å². The topological polar surface area (TPSA) is 62.7 Å². The fraction of sp³-hybridized carbons (Fsp3) is 0.0769. The van der Waals surface area contributed by atoms with Crippen molar-refractivity contribution in [2.24, 2.45) is 0 Å². The quantitative estimate of drug-likeness (QED) is 0.837. The molecule has 0 amide bonds. The molecule has 2 rings (SSSR count). The average molecular weight is 244 g/mol. The lowest BCUT2D eigenvalue weighted by molar-refractivity contribution is 1.26. The normalized spacial score (nSPS) is 9.94. The maximum Gasteiger partial charge on any atom is 0.142 e.